The van der Waals surface area contributed by atoms with E-state index in [4.69, 9.17) is 0 Å². The summed E-state index contributed by atoms with van der Waals surface area (Å²) in [4.78, 5) is 15.6. The third-order valence-corrected chi connectivity index (χ3v) is 3.11. The van der Waals surface area contributed by atoms with Crippen LogP contribution in [0.1, 0.15) is 23.9 Å². The number of aliphatic hydroxyl groups excluding tert-OH is 1. The van der Waals surface area contributed by atoms with Gasteiger partial charge in [0.1, 0.15) is 5.82 Å². The van der Waals surface area contributed by atoms with Crippen molar-refractivity contribution in [1.82, 2.24) is 9.55 Å². The van der Waals surface area contributed by atoms with Crippen LogP contribution in [0.25, 0.3) is 11.0 Å². The Labute approximate surface area is 105 Å². The number of hydrogen-bond donors (Lipinski definition) is 1. The molecule has 0 amide bonds. The molecule has 1 N–H and O–H groups in total. The highest BCUT2D eigenvalue weighted by atomic mass is 16.5. The Kier molecular flexibility index (Phi) is 3.34. The summed E-state index contributed by atoms with van der Waals surface area (Å²) in [5, 5.41) is 10.1. The predicted octanol–water partition coefficient (Wildman–Crippen LogP) is 1.48. The number of carbonyl (C=O) groups excluding carboxylic acids is 1. The average molecular weight is 248 g/mol. The summed E-state index contributed by atoms with van der Waals surface area (Å²) >= 11 is 0. The molecule has 1 atom stereocenters. The van der Waals surface area contributed by atoms with Crippen LogP contribution in [0, 0.1) is 6.92 Å². The van der Waals surface area contributed by atoms with Gasteiger partial charge in [-0.25, -0.2) is 4.98 Å². The molecular formula is C13H16N2O3. The number of imidazole rings is 1. The van der Waals surface area contributed by atoms with Crippen LogP contribution in [0.4, 0.5) is 0 Å². The predicted molar refractivity (Wildman–Crippen MR) is 67.0 cm³/mol. The van der Waals surface area contributed by atoms with E-state index in [1.807, 2.05) is 30.7 Å². The Bertz CT molecular complexity index is 589. The van der Waals surface area contributed by atoms with Crippen molar-refractivity contribution in [2.45, 2.75) is 19.4 Å². The number of rotatable bonds is 3. The lowest BCUT2D eigenvalue weighted by molar-refractivity contribution is -0.142. The number of para-hydroxylation sites is 1. The van der Waals surface area contributed by atoms with E-state index in [9.17, 15) is 9.90 Å². The number of benzene rings is 1. The molecule has 1 aromatic carbocycles. The smallest absolute Gasteiger partial charge is 0.308 e. The molecule has 96 valence electrons. The number of methoxy groups -OCH3 is 1. The molecule has 0 aliphatic carbocycles. The lowest BCUT2D eigenvalue weighted by Gasteiger charge is -2.10. The van der Waals surface area contributed by atoms with Gasteiger partial charge in [-0.2, -0.15) is 0 Å². The minimum Gasteiger partial charge on any atom is -0.469 e. The fourth-order valence-corrected chi connectivity index (χ4v) is 1.97. The number of aromatic nitrogens is 2. The van der Waals surface area contributed by atoms with E-state index in [2.05, 4.69) is 9.72 Å². The molecule has 1 heterocycles. The first-order chi connectivity index (χ1) is 8.54. The normalized spacial score (nSPS) is 12.7. The highest BCUT2D eigenvalue weighted by Crippen LogP contribution is 2.26. The third-order valence-electron chi connectivity index (χ3n) is 3.11. The lowest BCUT2D eigenvalue weighted by atomic mass is 10.1. The zero-order valence-electron chi connectivity index (χ0n) is 10.7. The number of aryl methyl sites for hydroxylation is 2. The Morgan fingerprint density at radius 1 is 1.56 bits per heavy atom. The second kappa shape index (κ2) is 4.78. The summed E-state index contributed by atoms with van der Waals surface area (Å²) in [7, 11) is 3.22. The highest BCUT2D eigenvalue weighted by molar-refractivity contribution is 5.81. The van der Waals surface area contributed by atoms with Gasteiger partial charge in [0.05, 0.1) is 30.7 Å². The van der Waals surface area contributed by atoms with E-state index in [1.54, 1.807) is 6.07 Å². The Morgan fingerprint density at radius 3 is 2.94 bits per heavy atom. The standard InChI is InChI=1S/C13H16N2O3/c1-8-14-13-9(11(16)7-12(17)18-3)5-4-6-10(13)15(8)2/h4-6,11,16H,7H2,1-3H3. The van der Waals surface area contributed by atoms with Gasteiger partial charge < -0.3 is 14.4 Å². The van der Waals surface area contributed by atoms with E-state index in [0.29, 0.717) is 5.56 Å². The van der Waals surface area contributed by atoms with Crippen LogP contribution in [-0.2, 0) is 16.6 Å². The zero-order chi connectivity index (χ0) is 13.3. The summed E-state index contributed by atoms with van der Waals surface area (Å²) in [6, 6.07) is 5.56. The van der Waals surface area contributed by atoms with Crippen LogP contribution in [0.5, 0.6) is 0 Å². The van der Waals surface area contributed by atoms with Crippen LogP contribution < -0.4 is 0 Å². The molecule has 1 aromatic heterocycles. The van der Waals surface area contributed by atoms with Gasteiger partial charge in [0.2, 0.25) is 0 Å². The number of hydrogen-bond acceptors (Lipinski definition) is 4. The molecule has 2 rings (SSSR count). The summed E-state index contributed by atoms with van der Waals surface area (Å²) in [6.07, 6.45) is -0.957. The minimum absolute atomic E-state index is 0.0643. The minimum atomic E-state index is -0.893. The van der Waals surface area contributed by atoms with E-state index in [0.717, 1.165) is 16.9 Å². The van der Waals surface area contributed by atoms with Crippen LogP contribution >= 0.6 is 0 Å². The second-order valence-electron chi connectivity index (χ2n) is 4.23. The van der Waals surface area contributed by atoms with Crippen molar-refractivity contribution in [1.29, 1.82) is 0 Å². The third kappa shape index (κ3) is 2.09. The SMILES string of the molecule is COC(=O)CC(O)c1cccc2c1nc(C)n2C. The van der Waals surface area contributed by atoms with Crippen molar-refractivity contribution < 1.29 is 14.6 Å². The van der Waals surface area contributed by atoms with Gasteiger partial charge in [-0.05, 0) is 13.0 Å². The molecule has 0 aliphatic rings. The molecule has 5 heteroatoms. The molecule has 0 saturated carbocycles. The van der Waals surface area contributed by atoms with Gasteiger partial charge in [-0.15, -0.1) is 0 Å². The van der Waals surface area contributed by atoms with E-state index < -0.39 is 12.1 Å². The van der Waals surface area contributed by atoms with Crippen molar-refractivity contribution >= 4 is 17.0 Å². The van der Waals surface area contributed by atoms with Gasteiger partial charge in [-0.1, -0.05) is 12.1 Å². The van der Waals surface area contributed by atoms with E-state index in [-0.39, 0.29) is 6.42 Å². The van der Waals surface area contributed by atoms with Gasteiger partial charge in [0, 0.05) is 12.6 Å². The first kappa shape index (κ1) is 12.6. The molecule has 2 aromatic rings. The first-order valence-electron chi connectivity index (χ1n) is 5.71. The van der Waals surface area contributed by atoms with Gasteiger partial charge >= 0.3 is 5.97 Å². The van der Waals surface area contributed by atoms with Crippen molar-refractivity contribution in [3.63, 3.8) is 0 Å². The Hall–Kier alpha value is -1.88. The van der Waals surface area contributed by atoms with Gasteiger partial charge in [0.25, 0.3) is 0 Å². The van der Waals surface area contributed by atoms with Crippen LogP contribution in [0.15, 0.2) is 18.2 Å². The van der Waals surface area contributed by atoms with Crippen molar-refractivity contribution in [2.24, 2.45) is 7.05 Å². The van der Waals surface area contributed by atoms with Crippen molar-refractivity contribution in [3.8, 4) is 0 Å². The number of carbonyl (C=O) groups is 1. The molecule has 18 heavy (non-hydrogen) atoms. The van der Waals surface area contributed by atoms with Crippen LogP contribution in [0.3, 0.4) is 0 Å². The molecule has 5 nitrogen and oxygen atoms in total. The molecular weight excluding hydrogens is 232 g/mol. The number of esters is 1. The largest absolute Gasteiger partial charge is 0.469 e. The molecule has 0 saturated heterocycles. The number of nitrogens with zero attached hydrogens (tertiary/aromatic N) is 2. The number of ether oxygens (including phenoxy) is 1. The molecule has 1 unspecified atom stereocenters. The average Bonchev–Trinajstić information content (AvgIpc) is 2.65. The van der Waals surface area contributed by atoms with Gasteiger partial charge in [-0.3, -0.25) is 4.79 Å². The molecule has 0 radical (unpaired) electrons. The zero-order valence-corrected chi connectivity index (χ0v) is 10.7. The highest BCUT2D eigenvalue weighted by Gasteiger charge is 2.18. The quantitative estimate of drug-likeness (QED) is 0.836. The van der Waals surface area contributed by atoms with E-state index >= 15 is 0 Å². The lowest BCUT2D eigenvalue weighted by Crippen LogP contribution is -2.08. The Balaban J connectivity index is 2.45. The molecule has 0 bridgehead atoms. The monoisotopic (exact) mass is 248 g/mol. The maximum absolute atomic E-state index is 11.2. The maximum atomic E-state index is 11.2. The number of aliphatic hydroxyl groups is 1. The van der Waals surface area contributed by atoms with Crippen molar-refractivity contribution in [2.75, 3.05) is 7.11 Å². The molecule has 0 fully saturated rings. The second-order valence-corrected chi connectivity index (χ2v) is 4.23. The van der Waals surface area contributed by atoms with Crippen LogP contribution in [-0.4, -0.2) is 27.7 Å². The fraction of sp³-hybridized carbons (Fsp3) is 0.385. The van der Waals surface area contributed by atoms with E-state index in [1.165, 1.54) is 7.11 Å². The molecule has 0 spiro atoms. The van der Waals surface area contributed by atoms with Crippen LogP contribution in [0.2, 0.25) is 0 Å². The first-order valence-corrected chi connectivity index (χ1v) is 5.71. The maximum Gasteiger partial charge on any atom is 0.308 e. The molecule has 0 aliphatic heterocycles. The Morgan fingerprint density at radius 2 is 2.28 bits per heavy atom. The fourth-order valence-electron chi connectivity index (χ4n) is 1.97. The van der Waals surface area contributed by atoms with Gasteiger partial charge in [0.15, 0.2) is 0 Å². The summed E-state index contributed by atoms with van der Waals surface area (Å²) in [5.41, 5.74) is 2.32. The number of fused-ring (bicyclic) bond motifs is 1. The van der Waals surface area contributed by atoms with Crippen molar-refractivity contribution in [3.05, 3.63) is 29.6 Å². The summed E-state index contributed by atoms with van der Waals surface area (Å²) in [6.45, 7) is 1.90. The topological polar surface area (TPSA) is 64.3 Å². The summed E-state index contributed by atoms with van der Waals surface area (Å²) in [5.74, 6) is 0.426. The summed E-state index contributed by atoms with van der Waals surface area (Å²) < 4.78 is 6.51.